The number of H-pyrrole nitrogens is 1. The fourth-order valence-electron chi connectivity index (χ4n) is 4.63. The zero-order valence-corrected chi connectivity index (χ0v) is 16.4. The van der Waals surface area contributed by atoms with Crippen LogP contribution in [0.15, 0.2) is 36.8 Å². The van der Waals surface area contributed by atoms with Crippen molar-refractivity contribution in [1.29, 1.82) is 0 Å². The van der Waals surface area contributed by atoms with E-state index in [-0.39, 0.29) is 11.8 Å². The second-order valence-corrected chi connectivity index (χ2v) is 8.14. The summed E-state index contributed by atoms with van der Waals surface area (Å²) in [6.45, 7) is 1.56. The van der Waals surface area contributed by atoms with E-state index in [9.17, 15) is 9.59 Å². The van der Waals surface area contributed by atoms with E-state index in [0.29, 0.717) is 24.7 Å². The van der Waals surface area contributed by atoms with Gasteiger partial charge in [0, 0.05) is 49.7 Å². The van der Waals surface area contributed by atoms with E-state index in [2.05, 4.69) is 25.9 Å². The molecule has 2 unspecified atom stereocenters. The first kappa shape index (κ1) is 17.8. The standard InChI is InChI=1S/C22H23N5O2/c1-26-7-6-23-22(26)16-9-17-12-27(13-18(17)10-16)20(29)5-2-14-8-15-3-4-19(28)25-21(15)24-11-14/h2,5-9,11,17-18H,3-4,10,12-13H2,1H3,(H,24,25,28)/p+1/b5-2+. The molecule has 29 heavy (non-hydrogen) atoms. The van der Waals surface area contributed by atoms with Crippen LogP contribution in [-0.4, -0.2) is 39.4 Å². The maximum atomic E-state index is 12.7. The molecule has 4 heterocycles. The van der Waals surface area contributed by atoms with Crippen LogP contribution in [0.4, 0.5) is 5.82 Å². The number of aryl methyl sites for hydroxylation is 2. The van der Waals surface area contributed by atoms with Crippen molar-refractivity contribution in [2.24, 2.45) is 18.9 Å². The summed E-state index contributed by atoms with van der Waals surface area (Å²) >= 11 is 0. The number of pyridine rings is 1. The highest BCUT2D eigenvalue weighted by atomic mass is 16.2. The smallest absolute Gasteiger partial charge is 0.307 e. The first-order valence-corrected chi connectivity index (χ1v) is 10.1. The summed E-state index contributed by atoms with van der Waals surface area (Å²) in [5.74, 6) is 2.79. The molecule has 2 aliphatic heterocycles. The average molecular weight is 390 g/mol. The van der Waals surface area contributed by atoms with Crippen LogP contribution in [0, 0.1) is 11.8 Å². The first-order chi connectivity index (χ1) is 14.1. The maximum absolute atomic E-state index is 12.7. The highest BCUT2D eigenvalue weighted by molar-refractivity contribution is 5.93. The number of aromatic nitrogens is 3. The molecule has 7 nitrogen and oxygen atoms in total. The number of carbonyl (C=O) groups is 2. The molecule has 2 N–H and O–H groups in total. The molecule has 5 rings (SSSR count). The molecule has 0 spiro atoms. The van der Waals surface area contributed by atoms with Crippen molar-refractivity contribution in [2.45, 2.75) is 19.3 Å². The van der Waals surface area contributed by atoms with Crippen molar-refractivity contribution in [3.8, 4) is 0 Å². The van der Waals surface area contributed by atoms with Crippen LogP contribution in [0.1, 0.15) is 29.8 Å². The number of nitrogens with zero attached hydrogens (tertiary/aromatic N) is 3. The van der Waals surface area contributed by atoms with Crippen LogP contribution >= 0.6 is 0 Å². The van der Waals surface area contributed by atoms with Gasteiger partial charge in [0.15, 0.2) is 0 Å². The largest absolute Gasteiger partial charge is 0.338 e. The van der Waals surface area contributed by atoms with Gasteiger partial charge in [0.25, 0.3) is 5.82 Å². The molecule has 2 amide bonds. The van der Waals surface area contributed by atoms with Crippen molar-refractivity contribution in [3.05, 3.63) is 53.8 Å². The molecule has 2 aromatic rings. The topological polar surface area (TPSA) is 81.4 Å². The van der Waals surface area contributed by atoms with Crippen LogP contribution in [0.3, 0.4) is 0 Å². The monoisotopic (exact) mass is 390 g/mol. The summed E-state index contributed by atoms with van der Waals surface area (Å²) in [7, 11) is 2.02. The Labute approximate surface area is 169 Å². The van der Waals surface area contributed by atoms with Gasteiger partial charge in [-0.3, -0.25) is 4.79 Å². The second-order valence-electron chi connectivity index (χ2n) is 8.14. The van der Waals surface area contributed by atoms with Gasteiger partial charge in [-0.1, -0.05) is 6.08 Å². The molecule has 1 saturated heterocycles. The Bertz CT molecular complexity index is 1050. The zero-order valence-electron chi connectivity index (χ0n) is 16.4. The Morgan fingerprint density at radius 1 is 1.34 bits per heavy atom. The van der Waals surface area contributed by atoms with Crippen molar-refractivity contribution >= 4 is 29.3 Å². The molecule has 7 heteroatoms. The lowest BCUT2D eigenvalue weighted by Crippen LogP contribution is -2.27. The molecule has 0 saturated carbocycles. The Morgan fingerprint density at radius 2 is 2.24 bits per heavy atom. The van der Waals surface area contributed by atoms with E-state index >= 15 is 0 Å². The van der Waals surface area contributed by atoms with Crippen LogP contribution in [-0.2, 0) is 23.1 Å². The zero-order chi connectivity index (χ0) is 20.0. The lowest BCUT2D eigenvalue weighted by molar-refractivity contribution is -0.361. The Balaban J connectivity index is 1.23. The summed E-state index contributed by atoms with van der Waals surface area (Å²) < 4.78 is 2.06. The number of rotatable bonds is 3. The Hall–Kier alpha value is -3.22. The summed E-state index contributed by atoms with van der Waals surface area (Å²) in [5.41, 5.74) is 3.30. The molecule has 0 bridgehead atoms. The number of nitrogens with one attached hydrogen (secondary N) is 2. The normalized spacial score (nSPS) is 23.1. The van der Waals surface area contributed by atoms with E-state index in [1.165, 1.54) is 5.57 Å². The molecule has 0 radical (unpaired) electrons. The van der Waals surface area contributed by atoms with Gasteiger partial charge in [0.1, 0.15) is 5.82 Å². The molecule has 148 valence electrons. The number of fused-ring (bicyclic) bond motifs is 2. The number of likely N-dealkylation sites (tertiary alicyclic amines) is 1. The van der Waals surface area contributed by atoms with E-state index < -0.39 is 0 Å². The first-order valence-electron chi connectivity index (χ1n) is 10.1. The summed E-state index contributed by atoms with van der Waals surface area (Å²) in [6, 6.07) is 2.02. The molecule has 1 fully saturated rings. The fraction of sp³-hybridized carbons (Fsp3) is 0.364. The second kappa shape index (κ2) is 6.99. The molecule has 3 aliphatic rings. The minimum Gasteiger partial charge on any atom is -0.338 e. The summed E-state index contributed by atoms with van der Waals surface area (Å²) in [4.78, 5) is 33.6. The number of carbonyl (C=O) groups excluding carboxylic acids is 2. The van der Waals surface area contributed by atoms with Crippen molar-refractivity contribution < 1.29 is 14.6 Å². The predicted octanol–water partition coefficient (Wildman–Crippen LogP) is 1.69. The summed E-state index contributed by atoms with van der Waals surface area (Å²) in [6.07, 6.45) is 13.6. The molecule has 0 aromatic carbocycles. The van der Waals surface area contributed by atoms with Gasteiger partial charge in [-0.15, -0.1) is 0 Å². The minimum absolute atomic E-state index is 0.0342. The van der Waals surface area contributed by atoms with E-state index in [1.54, 1.807) is 6.08 Å². The number of hydrogen-bond donors (Lipinski definition) is 1. The average Bonchev–Trinajstić information content (AvgIpc) is 3.40. The summed E-state index contributed by atoms with van der Waals surface area (Å²) in [5, 5.41) is 2.83. The Morgan fingerprint density at radius 3 is 3.03 bits per heavy atom. The molecule has 1 aliphatic carbocycles. The van der Waals surface area contributed by atoms with Gasteiger partial charge in [-0.2, -0.15) is 0 Å². The van der Waals surface area contributed by atoms with Gasteiger partial charge in [0.2, 0.25) is 5.91 Å². The Kier molecular flexibility index (Phi) is 4.30. The number of anilines is 1. The minimum atomic E-state index is 0.0342. The van der Waals surface area contributed by atoms with Crippen LogP contribution in [0.5, 0.6) is 0 Å². The van der Waals surface area contributed by atoms with E-state index in [4.69, 9.17) is 0 Å². The van der Waals surface area contributed by atoms with Gasteiger partial charge < -0.3 is 9.47 Å². The molecular formula is C22H24N5O2+. The maximum Gasteiger partial charge on any atom is 0.307 e. The number of amides is 2. The third-order valence-electron chi connectivity index (χ3n) is 6.16. The van der Waals surface area contributed by atoms with Gasteiger partial charge >= 0.3 is 5.91 Å². The lowest BCUT2D eigenvalue weighted by atomic mass is 10.00. The highest BCUT2D eigenvalue weighted by Gasteiger charge is 2.38. The number of allylic oxidation sites excluding steroid dienone is 1. The van der Waals surface area contributed by atoms with Crippen molar-refractivity contribution in [2.75, 3.05) is 18.4 Å². The molecule has 2 atom stereocenters. The van der Waals surface area contributed by atoms with Gasteiger partial charge in [-0.25, -0.2) is 20.1 Å². The SMILES string of the molecule is Cn1ccnc1C1=CC2CN(C(=O)/C=C/c3c[nH+]c4c(c3)CCC(=O)N4)CC2C1. The van der Waals surface area contributed by atoms with Crippen molar-refractivity contribution in [3.63, 3.8) is 0 Å². The number of aromatic amines is 1. The molecule has 2 aromatic heterocycles. The third kappa shape index (κ3) is 3.37. The molecular weight excluding hydrogens is 366 g/mol. The van der Waals surface area contributed by atoms with E-state index in [1.807, 2.05) is 42.7 Å². The van der Waals surface area contributed by atoms with E-state index in [0.717, 1.165) is 42.3 Å². The van der Waals surface area contributed by atoms with Crippen LogP contribution < -0.4 is 10.3 Å². The number of hydrogen-bond acceptors (Lipinski definition) is 3. The predicted molar refractivity (Wildman–Crippen MR) is 108 cm³/mol. The fourth-order valence-corrected chi connectivity index (χ4v) is 4.63. The van der Waals surface area contributed by atoms with Gasteiger partial charge in [-0.05, 0) is 42.4 Å². The number of imidazole rings is 1. The quantitative estimate of drug-likeness (QED) is 0.810. The van der Waals surface area contributed by atoms with Crippen LogP contribution in [0.25, 0.3) is 11.6 Å². The third-order valence-corrected chi connectivity index (χ3v) is 6.16. The van der Waals surface area contributed by atoms with Crippen LogP contribution in [0.2, 0.25) is 0 Å². The lowest BCUT2D eigenvalue weighted by Gasteiger charge is -2.15. The van der Waals surface area contributed by atoms with Gasteiger partial charge in [0.05, 0.1) is 12.6 Å². The highest BCUT2D eigenvalue weighted by Crippen LogP contribution is 2.40. The van der Waals surface area contributed by atoms with Crippen molar-refractivity contribution in [1.82, 2.24) is 14.5 Å².